The summed E-state index contributed by atoms with van der Waals surface area (Å²) in [5, 5.41) is 14.3. The van der Waals surface area contributed by atoms with Gasteiger partial charge in [0.2, 0.25) is 0 Å². The molecule has 8 heteroatoms. The molecule has 0 saturated carbocycles. The van der Waals surface area contributed by atoms with Crippen molar-refractivity contribution in [2.45, 2.75) is 0 Å². The van der Waals surface area contributed by atoms with E-state index < -0.39 is 4.92 Å². The highest BCUT2D eigenvalue weighted by atomic mass is 16.6. The number of non-ortho nitro benzene ring substituents is 1. The van der Waals surface area contributed by atoms with E-state index in [1.54, 1.807) is 12.1 Å². The summed E-state index contributed by atoms with van der Waals surface area (Å²) in [6.45, 7) is 3.03. The lowest BCUT2D eigenvalue weighted by Gasteiger charge is -2.25. The number of amides is 1. The van der Waals surface area contributed by atoms with Crippen LogP contribution in [0.5, 0.6) is 0 Å². The van der Waals surface area contributed by atoms with Crippen molar-refractivity contribution in [2.75, 3.05) is 32.8 Å². The summed E-state index contributed by atoms with van der Waals surface area (Å²) in [4.78, 5) is 23.7. The van der Waals surface area contributed by atoms with Gasteiger partial charge < -0.3 is 4.74 Å². The summed E-state index contributed by atoms with van der Waals surface area (Å²) in [6.07, 6.45) is 1.45. The van der Waals surface area contributed by atoms with Crippen LogP contribution in [0.3, 0.4) is 0 Å². The Morgan fingerprint density at radius 1 is 1.38 bits per heavy atom. The maximum atomic E-state index is 11.6. The molecule has 21 heavy (non-hydrogen) atoms. The molecule has 1 aromatic carbocycles. The van der Waals surface area contributed by atoms with Gasteiger partial charge in [-0.2, -0.15) is 5.10 Å². The van der Waals surface area contributed by atoms with Gasteiger partial charge in [-0.3, -0.25) is 19.8 Å². The van der Waals surface area contributed by atoms with E-state index in [9.17, 15) is 14.9 Å². The molecule has 1 saturated heterocycles. The maximum absolute atomic E-state index is 11.6. The molecule has 0 spiro atoms. The first kappa shape index (κ1) is 15.1. The second-order valence-electron chi connectivity index (χ2n) is 4.53. The lowest BCUT2D eigenvalue weighted by Crippen LogP contribution is -2.42. The summed E-state index contributed by atoms with van der Waals surface area (Å²) in [5.74, 6) is -0.199. The molecule has 1 amide bonds. The highest BCUT2D eigenvalue weighted by Crippen LogP contribution is 2.10. The number of benzene rings is 1. The number of ether oxygens (including phenoxy) is 1. The Balaban J connectivity index is 1.78. The molecule has 0 aliphatic carbocycles. The number of carbonyl (C=O) groups is 1. The predicted molar refractivity (Wildman–Crippen MR) is 76.1 cm³/mol. The topological polar surface area (TPSA) is 97.1 Å². The van der Waals surface area contributed by atoms with Crippen LogP contribution in [0.15, 0.2) is 29.4 Å². The molecule has 0 aromatic heterocycles. The zero-order valence-corrected chi connectivity index (χ0v) is 11.4. The second-order valence-corrected chi connectivity index (χ2v) is 4.53. The summed E-state index contributed by atoms with van der Waals surface area (Å²) < 4.78 is 5.20. The number of nitro benzene ring substituents is 1. The molecule has 1 fully saturated rings. The molecule has 8 nitrogen and oxygen atoms in total. The first-order valence-electron chi connectivity index (χ1n) is 6.51. The van der Waals surface area contributed by atoms with Gasteiger partial charge in [0.25, 0.3) is 11.6 Å². The number of hydrogen-bond donors (Lipinski definition) is 1. The van der Waals surface area contributed by atoms with E-state index in [2.05, 4.69) is 10.5 Å². The predicted octanol–water partition coefficient (Wildman–Crippen LogP) is 0.377. The fourth-order valence-electron chi connectivity index (χ4n) is 1.86. The van der Waals surface area contributed by atoms with E-state index in [4.69, 9.17) is 4.74 Å². The number of morpholine rings is 1. The molecule has 0 radical (unpaired) electrons. The summed E-state index contributed by atoms with van der Waals surface area (Å²) >= 11 is 0. The molecule has 0 bridgehead atoms. The van der Waals surface area contributed by atoms with Crippen LogP contribution < -0.4 is 5.43 Å². The molecule has 1 N–H and O–H groups in total. The number of rotatable bonds is 5. The van der Waals surface area contributed by atoms with Crippen LogP contribution in [0.25, 0.3) is 0 Å². The molecule has 0 unspecified atom stereocenters. The Kier molecular flexibility index (Phi) is 5.35. The van der Waals surface area contributed by atoms with E-state index in [1.807, 2.05) is 4.90 Å². The zero-order valence-electron chi connectivity index (χ0n) is 11.4. The normalized spacial score (nSPS) is 16.0. The van der Waals surface area contributed by atoms with Crippen molar-refractivity contribution in [1.29, 1.82) is 0 Å². The molecular weight excluding hydrogens is 276 g/mol. The SMILES string of the molecule is O=C(CN1CCOCC1)N/N=C\c1ccc([N+](=O)[O-])cc1. The van der Waals surface area contributed by atoms with E-state index in [1.165, 1.54) is 18.3 Å². The van der Waals surface area contributed by atoms with Crippen molar-refractivity contribution in [1.82, 2.24) is 10.3 Å². The van der Waals surface area contributed by atoms with Crippen LogP contribution in [0.4, 0.5) is 5.69 Å². The van der Waals surface area contributed by atoms with Crippen LogP contribution in [0.1, 0.15) is 5.56 Å². The van der Waals surface area contributed by atoms with Gasteiger partial charge in [0.1, 0.15) is 0 Å². The van der Waals surface area contributed by atoms with Gasteiger partial charge in [0.05, 0.1) is 30.9 Å². The third kappa shape index (κ3) is 4.93. The molecule has 1 aliphatic heterocycles. The number of carbonyl (C=O) groups excluding carboxylic acids is 1. The number of nitro groups is 1. The first-order chi connectivity index (χ1) is 10.1. The molecule has 1 aliphatic rings. The van der Waals surface area contributed by atoms with Crippen LogP contribution >= 0.6 is 0 Å². The lowest BCUT2D eigenvalue weighted by molar-refractivity contribution is -0.384. The van der Waals surface area contributed by atoms with Crippen LogP contribution in [0.2, 0.25) is 0 Å². The summed E-state index contributed by atoms with van der Waals surface area (Å²) in [5.41, 5.74) is 3.12. The number of nitrogens with one attached hydrogen (secondary N) is 1. The fraction of sp³-hybridized carbons (Fsp3) is 0.385. The van der Waals surface area contributed by atoms with E-state index >= 15 is 0 Å². The van der Waals surface area contributed by atoms with Crippen molar-refractivity contribution < 1.29 is 14.5 Å². The summed E-state index contributed by atoms with van der Waals surface area (Å²) in [7, 11) is 0. The second kappa shape index (κ2) is 7.46. The molecule has 1 aromatic rings. The van der Waals surface area contributed by atoms with E-state index in [-0.39, 0.29) is 18.1 Å². The van der Waals surface area contributed by atoms with Gasteiger partial charge in [0, 0.05) is 25.2 Å². The van der Waals surface area contributed by atoms with Crippen molar-refractivity contribution >= 4 is 17.8 Å². The Morgan fingerprint density at radius 3 is 2.67 bits per heavy atom. The number of hydrazone groups is 1. The van der Waals surface area contributed by atoms with Crippen molar-refractivity contribution in [3.05, 3.63) is 39.9 Å². The number of nitrogens with zero attached hydrogens (tertiary/aromatic N) is 3. The van der Waals surface area contributed by atoms with Crippen molar-refractivity contribution in [3.8, 4) is 0 Å². The van der Waals surface area contributed by atoms with Crippen LogP contribution in [0, 0.1) is 10.1 Å². The van der Waals surface area contributed by atoms with Crippen LogP contribution in [-0.4, -0.2) is 54.8 Å². The van der Waals surface area contributed by atoms with Crippen molar-refractivity contribution in [2.24, 2.45) is 5.10 Å². The Labute approximate surface area is 121 Å². The highest BCUT2D eigenvalue weighted by Gasteiger charge is 2.13. The van der Waals surface area contributed by atoms with Gasteiger partial charge in [-0.05, 0) is 17.7 Å². The quantitative estimate of drug-likeness (QED) is 0.480. The number of hydrogen-bond acceptors (Lipinski definition) is 6. The lowest BCUT2D eigenvalue weighted by atomic mass is 10.2. The van der Waals surface area contributed by atoms with Gasteiger partial charge in [-0.1, -0.05) is 0 Å². The van der Waals surface area contributed by atoms with Crippen LogP contribution in [-0.2, 0) is 9.53 Å². The summed E-state index contributed by atoms with van der Waals surface area (Å²) in [6, 6.07) is 5.90. The fourth-order valence-corrected chi connectivity index (χ4v) is 1.86. The average Bonchev–Trinajstić information content (AvgIpc) is 2.49. The zero-order chi connectivity index (χ0) is 15.1. The van der Waals surface area contributed by atoms with E-state index in [0.29, 0.717) is 18.8 Å². The molecule has 2 rings (SSSR count). The minimum absolute atomic E-state index is 0.0171. The van der Waals surface area contributed by atoms with Gasteiger partial charge >= 0.3 is 0 Å². The molecule has 112 valence electrons. The standard InChI is InChI=1S/C13H16N4O4/c18-13(10-16-5-7-21-8-6-16)15-14-9-11-1-3-12(4-2-11)17(19)20/h1-4,9H,5-8,10H2,(H,15,18)/b14-9-. The van der Waals surface area contributed by atoms with Crippen molar-refractivity contribution in [3.63, 3.8) is 0 Å². The Morgan fingerprint density at radius 2 is 2.05 bits per heavy atom. The molecule has 1 heterocycles. The third-order valence-corrected chi connectivity index (χ3v) is 2.98. The Hall–Kier alpha value is -2.32. The Bertz CT molecular complexity index is 523. The first-order valence-corrected chi connectivity index (χ1v) is 6.51. The third-order valence-electron chi connectivity index (χ3n) is 2.98. The average molecular weight is 292 g/mol. The monoisotopic (exact) mass is 292 g/mol. The smallest absolute Gasteiger partial charge is 0.269 e. The molecule has 0 atom stereocenters. The minimum Gasteiger partial charge on any atom is -0.379 e. The van der Waals surface area contributed by atoms with E-state index in [0.717, 1.165) is 13.1 Å². The van der Waals surface area contributed by atoms with Gasteiger partial charge in [-0.25, -0.2) is 5.43 Å². The largest absolute Gasteiger partial charge is 0.379 e. The highest BCUT2D eigenvalue weighted by molar-refractivity contribution is 5.83. The van der Waals surface area contributed by atoms with Gasteiger partial charge in [-0.15, -0.1) is 0 Å². The maximum Gasteiger partial charge on any atom is 0.269 e. The molecular formula is C13H16N4O4. The minimum atomic E-state index is -0.467. The van der Waals surface area contributed by atoms with Gasteiger partial charge in [0.15, 0.2) is 0 Å².